The molecule has 6 aromatic rings. The van der Waals surface area contributed by atoms with Gasteiger partial charge in [0.1, 0.15) is 0 Å². The maximum atomic E-state index is 11.6. The quantitative estimate of drug-likeness (QED) is 0.109. The Balaban J connectivity index is 1.42. The number of hydrogen-bond acceptors (Lipinski definition) is 4. The van der Waals surface area contributed by atoms with Crippen molar-refractivity contribution in [1.29, 1.82) is 0 Å². The van der Waals surface area contributed by atoms with Gasteiger partial charge in [-0.1, -0.05) is 0 Å². The van der Waals surface area contributed by atoms with Crippen molar-refractivity contribution in [2.45, 2.75) is 0 Å². The van der Waals surface area contributed by atoms with Crippen molar-refractivity contribution >= 4 is 29.1 Å². The van der Waals surface area contributed by atoms with E-state index in [0.717, 1.165) is 50.4 Å². The third-order valence-corrected chi connectivity index (χ3v) is 12.5. The average molecular weight is 625 g/mol. The van der Waals surface area contributed by atoms with Crippen molar-refractivity contribution in [1.82, 2.24) is 0 Å². The number of benzene rings is 6. The van der Waals surface area contributed by atoms with E-state index in [1.807, 2.05) is 127 Å². The Labute approximate surface area is 269 Å². The van der Waals surface area contributed by atoms with E-state index in [9.17, 15) is 9.90 Å². The molecule has 46 heavy (non-hydrogen) atoms. The zero-order valence-electron chi connectivity index (χ0n) is 25.0. The number of carboxylic acids is 1. The van der Waals surface area contributed by atoms with Crippen LogP contribution in [0.4, 0.5) is 0 Å². The van der Waals surface area contributed by atoms with Gasteiger partial charge in [-0.15, -0.1) is 0 Å². The summed E-state index contributed by atoms with van der Waals surface area (Å²) >= 11 is 0. The van der Waals surface area contributed by atoms with Gasteiger partial charge in [-0.25, -0.2) is 0 Å². The third kappa shape index (κ3) is 7.35. The molecule has 0 bridgehead atoms. The van der Waals surface area contributed by atoms with Crippen molar-refractivity contribution in [2.24, 2.45) is 0 Å². The van der Waals surface area contributed by atoms with E-state index >= 15 is 0 Å². The van der Waals surface area contributed by atoms with Gasteiger partial charge in [0, 0.05) is 0 Å². The van der Waals surface area contributed by atoms with Crippen LogP contribution >= 0.6 is 7.26 Å². The van der Waals surface area contributed by atoms with Crippen LogP contribution in [0.3, 0.4) is 0 Å². The van der Waals surface area contributed by atoms with Crippen LogP contribution in [-0.2, 0) is 4.79 Å². The standard InChI is InChI=1S/C40H33O5P/c41-40(42)17-10-30-46(37-24-18-34(19-25-37)43-31-11-4-1-5-12-31,38-26-20-35(21-27-38)44-32-13-6-2-7-14-32)39-28-22-36(23-29-39)45-33-15-8-3-9-16-33/h1-29,46H,30H2,(H,41,42). The number of allylic oxidation sites excluding steroid dienone is 1. The summed E-state index contributed by atoms with van der Waals surface area (Å²) in [6.45, 7) is 0. The Bertz CT molecular complexity index is 1670. The molecule has 0 aliphatic rings. The Morgan fingerprint density at radius 2 is 0.739 bits per heavy atom. The van der Waals surface area contributed by atoms with Gasteiger partial charge in [-0.3, -0.25) is 0 Å². The molecule has 0 atom stereocenters. The number of ether oxygens (including phenoxy) is 3. The molecule has 6 aromatic carbocycles. The van der Waals surface area contributed by atoms with Crippen LogP contribution in [0.25, 0.3) is 0 Å². The number of rotatable bonds is 12. The molecule has 0 heterocycles. The minimum atomic E-state index is -2.85. The SMILES string of the molecule is O=C(O)C=CC[PH](c1ccc(Oc2ccccc2)cc1)(c1ccc(Oc2ccccc2)cc1)c1ccc(Oc2ccccc2)cc1. The molecule has 5 nitrogen and oxygen atoms in total. The summed E-state index contributed by atoms with van der Waals surface area (Å²) in [6, 6.07) is 53.4. The zero-order valence-corrected chi connectivity index (χ0v) is 26.0. The molecular weight excluding hydrogens is 591 g/mol. The number of carboxylic acid groups (broad SMARTS) is 1. The van der Waals surface area contributed by atoms with E-state index in [2.05, 4.69) is 36.4 Å². The van der Waals surface area contributed by atoms with Crippen molar-refractivity contribution < 1.29 is 24.1 Å². The summed E-state index contributed by atoms with van der Waals surface area (Å²) in [4.78, 5) is 11.6. The van der Waals surface area contributed by atoms with Gasteiger partial charge in [0.05, 0.1) is 0 Å². The second kappa shape index (κ2) is 14.4. The van der Waals surface area contributed by atoms with Crippen molar-refractivity contribution in [3.63, 3.8) is 0 Å². The Kier molecular flexibility index (Phi) is 9.53. The summed E-state index contributed by atoms with van der Waals surface area (Å²) in [6.07, 6.45) is 3.52. The van der Waals surface area contributed by atoms with E-state index < -0.39 is 13.2 Å². The number of carbonyl (C=O) groups is 1. The number of hydrogen-bond donors (Lipinski definition) is 1. The van der Waals surface area contributed by atoms with Crippen LogP contribution in [0.15, 0.2) is 176 Å². The predicted molar refractivity (Wildman–Crippen MR) is 188 cm³/mol. The first-order valence-electron chi connectivity index (χ1n) is 15.0. The number of para-hydroxylation sites is 3. The molecular formula is C40H33O5P. The Hall–Kier alpha value is -5.64. The van der Waals surface area contributed by atoms with E-state index in [0.29, 0.717) is 6.16 Å². The van der Waals surface area contributed by atoms with Gasteiger partial charge in [0.25, 0.3) is 0 Å². The van der Waals surface area contributed by atoms with E-state index in [4.69, 9.17) is 14.2 Å². The molecule has 0 unspecified atom stereocenters. The first-order valence-corrected chi connectivity index (χ1v) is 17.2. The zero-order chi connectivity index (χ0) is 31.6. The van der Waals surface area contributed by atoms with E-state index in [1.54, 1.807) is 6.08 Å². The van der Waals surface area contributed by atoms with Gasteiger partial charge in [0.2, 0.25) is 0 Å². The minimum absolute atomic E-state index is 0.524. The molecule has 0 aromatic heterocycles. The number of aliphatic carboxylic acids is 1. The fraction of sp³-hybridized carbons (Fsp3) is 0.0250. The van der Waals surface area contributed by atoms with Crippen LogP contribution in [-0.4, -0.2) is 17.2 Å². The van der Waals surface area contributed by atoms with Crippen LogP contribution in [0, 0.1) is 0 Å². The van der Waals surface area contributed by atoms with Crippen LogP contribution < -0.4 is 30.1 Å². The molecule has 0 aliphatic carbocycles. The van der Waals surface area contributed by atoms with Crippen molar-refractivity contribution in [2.75, 3.05) is 6.16 Å². The molecule has 0 saturated carbocycles. The molecule has 1 N–H and O–H groups in total. The summed E-state index contributed by atoms with van der Waals surface area (Å²) in [5.74, 6) is 3.45. The van der Waals surface area contributed by atoms with Gasteiger partial charge in [0.15, 0.2) is 0 Å². The fourth-order valence-corrected chi connectivity index (χ4v) is 9.87. The van der Waals surface area contributed by atoms with Gasteiger partial charge >= 0.3 is 270 Å². The molecule has 0 radical (unpaired) electrons. The van der Waals surface area contributed by atoms with Crippen LogP contribution in [0.1, 0.15) is 0 Å². The van der Waals surface area contributed by atoms with Crippen molar-refractivity contribution in [3.8, 4) is 34.5 Å². The summed E-state index contributed by atoms with van der Waals surface area (Å²) in [7, 11) is -2.85. The van der Waals surface area contributed by atoms with Crippen LogP contribution in [0.5, 0.6) is 34.5 Å². The first-order chi connectivity index (χ1) is 22.6. The first kappa shape index (κ1) is 30.4. The molecule has 6 rings (SSSR count). The van der Waals surface area contributed by atoms with Gasteiger partial charge in [-0.2, -0.15) is 0 Å². The molecule has 6 heteroatoms. The summed E-state index contributed by atoms with van der Waals surface area (Å²) in [5.41, 5.74) is 0. The predicted octanol–water partition coefficient (Wildman–Crippen LogP) is 8.73. The fourth-order valence-electron chi connectivity index (χ4n) is 5.49. The van der Waals surface area contributed by atoms with Crippen LogP contribution in [0.2, 0.25) is 0 Å². The second-order valence-electron chi connectivity index (χ2n) is 10.7. The third-order valence-electron chi connectivity index (χ3n) is 7.66. The molecule has 0 saturated heterocycles. The molecule has 0 amide bonds. The summed E-state index contributed by atoms with van der Waals surface area (Å²) in [5, 5.41) is 12.9. The molecule has 228 valence electrons. The topological polar surface area (TPSA) is 65.0 Å². The normalized spacial score (nSPS) is 11.6. The second-order valence-corrected chi connectivity index (χ2v) is 14.6. The van der Waals surface area contributed by atoms with E-state index in [1.165, 1.54) is 6.08 Å². The Morgan fingerprint density at radius 1 is 0.457 bits per heavy atom. The molecule has 0 spiro atoms. The monoisotopic (exact) mass is 624 g/mol. The van der Waals surface area contributed by atoms with Gasteiger partial charge in [-0.05, 0) is 0 Å². The van der Waals surface area contributed by atoms with Crippen molar-refractivity contribution in [3.05, 3.63) is 176 Å². The van der Waals surface area contributed by atoms with Gasteiger partial charge < -0.3 is 0 Å². The molecule has 0 fully saturated rings. The Morgan fingerprint density at radius 3 is 1.02 bits per heavy atom. The average Bonchev–Trinajstić information content (AvgIpc) is 3.09. The van der Waals surface area contributed by atoms with E-state index in [-0.39, 0.29) is 0 Å². The maximum absolute atomic E-state index is 11.6. The summed E-state index contributed by atoms with van der Waals surface area (Å²) < 4.78 is 18.3. The molecule has 0 aliphatic heterocycles.